The van der Waals surface area contributed by atoms with Crippen LogP contribution >= 0.6 is 0 Å². The molecule has 0 bridgehead atoms. The number of benzene rings is 2. The molecule has 110 valence electrons. The van der Waals surface area contributed by atoms with Gasteiger partial charge >= 0.3 is 6.18 Å². The van der Waals surface area contributed by atoms with E-state index in [1.54, 1.807) is 12.1 Å². The first-order chi connectivity index (χ1) is 10.0. The summed E-state index contributed by atoms with van der Waals surface area (Å²) in [6.07, 6.45) is -3.87. The van der Waals surface area contributed by atoms with Gasteiger partial charge in [-0.05, 0) is 28.8 Å². The zero-order valence-electron chi connectivity index (χ0n) is 11.2. The second-order valence-electron chi connectivity index (χ2n) is 4.97. The molecule has 2 aromatic rings. The number of rotatable bonds is 2. The van der Waals surface area contributed by atoms with Crippen molar-refractivity contribution in [3.05, 3.63) is 53.1 Å². The predicted octanol–water partition coefficient (Wildman–Crippen LogP) is 3.77. The van der Waals surface area contributed by atoms with E-state index in [1.807, 2.05) is 12.1 Å². The lowest BCUT2D eigenvalue weighted by atomic mass is 9.94. The molecule has 0 radical (unpaired) electrons. The van der Waals surface area contributed by atoms with Crippen molar-refractivity contribution in [1.29, 1.82) is 0 Å². The lowest BCUT2D eigenvalue weighted by Gasteiger charge is -2.15. The average molecular weight is 293 g/mol. The summed E-state index contributed by atoms with van der Waals surface area (Å²) in [5.74, 6) is 0.545. The normalized spacial score (nSPS) is 13.9. The SMILES string of the molecule is NCc1ccccc1-c1cc(C(F)(F)F)cc2c1OCC2. The Hall–Kier alpha value is -2.01. The second kappa shape index (κ2) is 5.07. The van der Waals surface area contributed by atoms with Crippen LogP contribution in [-0.4, -0.2) is 6.61 Å². The topological polar surface area (TPSA) is 35.2 Å². The molecule has 0 aromatic heterocycles. The predicted molar refractivity (Wildman–Crippen MR) is 74.0 cm³/mol. The highest BCUT2D eigenvalue weighted by molar-refractivity contribution is 5.76. The summed E-state index contributed by atoms with van der Waals surface area (Å²) < 4.78 is 44.7. The van der Waals surface area contributed by atoms with E-state index < -0.39 is 11.7 Å². The van der Waals surface area contributed by atoms with Gasteiger partial charge in [-0.2, -0.15) is 13.2 Å². The summed E-state index contributed by atoms with van der Waals surface area (Å²) in [5.41, 5.74) is 7.62. The average Bonchev–Trinajstić information content (AvgIpc) is 2.93. The van der Waals surface area contributed by atoms with Crippen molar-refractivity contribution in [2.45, 2.75) is 19.1 Å². The summed E-state index contributed by atoms with van der Waals surface area (Å²) in [6.45, 7) is 0.676. The zero-order chi connectivity index (χ0) is 15.0. The fourth-order valence-electron chi connectivity index (χ4n) is 2.63. The van der Waals surface area contributed by atoms with E-state index in [-0.39, 0.29) is 6.54 Å². The molecule has 0 saturated heterocycles. The van der Waals surface area contributed by atoms with E-state index in [4.69, 9.17) is 10.5 Å². The Bertz CT molecular complexity index is 680. The van der Waals surface area contributed by atoms with Gasteiger partial charge in [-0.3, -0.25) is 0 Å². The molecule has 2 aromatic carbocycles. The van der Waals surface area contributed by atoms with E-state index in [0.717, 1.165) is 11.6 Å². The Labute approximate surface area is 120 Å². The Balaban J connectivity index is 2.24. The van der Waals surface area contributed by atoms with Gasteiger partial charge in [0, 0.05) is 18.5 Å². The Morgan fingerprint density at radius 3 is 2.57 bits per heavy atom. The van der Waals surface area contributed by atoms with E-state index in [1.165, 1.54) is 6.07 Å². The summed E-state index contributed by atoms with van der Waals surface area (Å²) in [6, 6.07) is 9.53. The summed E-state index contributed by atoms with van der Waals surface area (Å²) in [4.78, 5) is 0. The van der Waals surface area contributed by atoms with Gasteiger partial charge in [-0.1, -0.05) is 24.3 Å². The van der Waals surface area contributed by atoms with Crippen molar-refractivity contribution >= 4 is 0 Å². The highest BCUT2D eigenvalue weighted by Crippen LogP contribution is 2.42. The maximum atomic E-state index is 13.1. The molecule has 0 atom stereocenters. The van der Waals surface area contributed by atoms with Crippen LogP contribution in [0.25, 0.3) is 11.1 Å². The minimum Gasteiger partial charge on any atom is -0.492 e. The van der Waals surface area contributed by atoms with Crippen molar-refractivity contribution in [1.82, 2.24) is 0 Å². The first-order valence-corrected chi connectivity index (χ1v) is 6.66. The van der Waals surface area contributed by atoms with Crippen molar-refractivity contribution in [3.8, 4) is 16.9 Å². The zero-order valence-corrected chi connectivity index (χ0v) is 11.2. The molecule has 0 saturated carbocycles. The van der Waals surface area contributed by atoms with E-state index in [0.29, 0.717) is 35.5 Å². The van der Waals surface area contributed by atoms with E-state index >= 15 is 0 Å². The molecule has 2 nitrogen and oxygen atoms in total. The molecule has 3 rings (SSSR count). The van der Waals surface area contributed by atoms with Crippen LogP contribution in [0.5, 0.6) is 5.75 Å². The molecule has 21 heavy (non-hydrogen) atoms. The number of alkyl halides is 3. The van der Waals surface area contributed by atoms with Crippen LogP contribution in [-0.2, 0) is 19.1 Å². The molecule has 1 aliphatic heterocycles. The molecule has 0 amide bonds. The first-order valence-electron chi connectivity index (χ1n) is 6.66. The summed E-state index contributed by atoms with van der Waals surface area (Å²) in [5, 5.41) is 0. The molecule has 5 heteroatoms. The molecule has 1 aliphatic rings. The monoisotopic (exact) mass is 293 g/mol. The molecular formula is C16H14F3NO. The van der Waals surface area contributed by atoms with Crippen LogP contribution < -0.4 is 10.5 Å². The smallest absolute Gasteiger partial charge is 0.416 e. The Morgan fingerprint density at radius 1 is 1.10 bits per heavy atom. The number of nitrogens with two attached hydrogens (primary N) is 1. The minimum atomic E-state index is -4.37. The van der Waals surface area contributed by atoms with Gasteiger partial charge in [0.1, 0.15) is 5.75 Å². The van der Waals surface area contributed by atoms with Gasteiger partial charge < -0.3 is 10.5 Å². The van der Waals surface area contributed by atoms with Crippen LogP contribution in [0.4, 0.5) is 13.2 Å². The van der Waals surface area contributed by atoms with Gasteiger partial charge in [0.25, 0.3) is 0 Å². The van der Waals surface area contributed by atoms with Crippen LogP contribution in [0.3, 0.4) is 0 Å². The Morgan fingerprint density at radius 2 is 1.86 bits per heavy atom. The van der Waals surface area contributed by atoms with Gasteiger partial charge in [0.15, 0.2) is 0 Å². The van der Waals surface area contributed by atoms with Crippen LogP contribution in [0.1, 0.15) is 16.7 Å². The molecule has 0 fully saturated rings. The lowest BCUT2D eigenvalue weighted by Crippen LogP contribution is -2.06. The van der Waals surface area contributed by atoms with Crippen molar-refractivity contribution in [2.24, 2.45) is 5.73 Å². The minimum absolute atomic E-state index is 0.265. The molecule has 2 N–H and O–H groups in total. The van der Waals surface area contributed by atoms with Crippen molar-refractivity contribution < 1.29 is 17.9 Å². The van der Waals surface area contributed by atoms with Gasteiger partial charge in [-0.15, -0.1) is 0 Å². The van der Waals surface area contributed by atoms with Crippen molar-refractivity contribution in [2.75, 3.05) is 6.61 Å². The summed E-state index contributed by atoms with van der Waals surface area (Å²) in [7, 11) is 0. The third-order valence-corrected chi connectivity index (χ3v) is 3.64. The maximum absolute atomic E-state index is 13.1. The number of hydrogen-bond donors (Lipinski definition) is 1. The van der Waals surface area contributed by atoms with Crippen LogP contribution in [0.15, 0.2) is 36.4 Å². The number of halogens is 3. The number of ether oxygens (including phenoxy) is 1. The number of fused-ring (bicyclic) bond motifs is 1. The van der Waals surface area contributed by atoms with E-state index in [2.05, 4.69) is 0 Å². The Kier molecular flexibility index (Phi) is 3.37. The fraction of sp³-hybridized carbons (Fsp3) is 0.250. The van der Waals surface area contributed by atoms with E-state index in [9.17, 15) is 13.2 Å². The van der Waals surface area contributed by atoms with Gasteiger partial charge in [0.2, 0.25) is 0 Å². The third-order valence-electron chi connectivity index (χ3n) is 3.64. The molecule has 0 unspecified atom stereocenters. The highest BCUT2D eigenvalue weighted by Gasteiger charge is 2.33. The first kappa shape index (κ1) is 13.9. The molecule has 0 aliphatic carbocycles. The largest absolute Gasteiger partial charge is 0.492 e. The molecule has 1 heterocycles. The third kappa shape index (κ3) is 2.49. The van der Waals surface area contributed by atoms with Gasteiger partial charge in [0.05, 0.1) is 12.2 Å². The van der Waals surface area contributed by atoms with Crippen LogP contribution in [0, 0.1) is 0 Å². The maximum Gasteiger partial charge on any atom is 0.416 e. The molecular weight excluding hydrogens is 279 g/mol. The summed E-state index contributed by atoms with van der Waals surface area (Å²) >= 11 is 0. The number of hydrogen-bond acceptors (Lipinski definition) is 2. The van der Waals surface area contributed by atoms with Gasteiger partial charge in [-0.25, -0.2) is 0 Å². The van der Waals surface area contributed by atoms with Crippen LogP contribution in [0.2, 0.25) is 0 Å². The fourth-order valence-corrected chi connectivity index (χ4v) is 2.63. The standard InChI is InChI=1S/C16H14F3NO/c17-16(18,19)12-7-10-5-6-21-15(10)14(8-12)13-4-2-1-3-11(13)9-20/h1-4,7-8H,5-6,9,20H2. The second-order valence-corrected chi connectivity index (χ2v) is 4.97. The van der Waals surface area contributed by atoms with Crippen molar-refractivity contribution in [3.63, 3.8) is 0 Å². The molecule has 0 spiro atoms. The highest BCUT2D eigenvalue weighted by atomic mass is 19.4. The lowest BCUT2D eigenvalue weighted by molar-refractivity contribution is -0.137. The quantitative estimate of drug-likeness (QED) is 0.915.